The van der Waals surface area contributed by atoms with Gasteiger partial charge in [-0.15, -0.1) is 0 Å². The molecule has 1 N–H and O–H groups in total. The molecule has 8 heteroatoms. The quantitative estimate of drug-likeness (QED) is 0.802. The van der Waals surface area contributed by atoms with Crippen LogP contribution in [-0.4, -0.2) is 43.2 Å². The molecule has 0 aliphatic rings. The summed E-state index contributed by atoms with van der Waals surface area (Å²) >= 11 is 0. The maximum atomic E-state index is 12.3. The SMILES string of the molecule is CCNC(=O)CN(CC)S(=O)(=O)c1ccc(C#N)nc1. The van der Waals surface area contributed by atoms with Crippen LogP contribution in [0.25, 0.3) is 0 Å². The Morgan fingerprint density at radius 1 is 1.45 bits per heavy atom. The number of hydrogen-bond donors (Lipinski definition) is 1. The van der Waals surface area contributed by atoms with Crippen LogP contribution in [0, 0.1) is 11.3 Å². The lowest BCUT2D eigenvalue weighted by Gasteiger charge is -2.19. The molecule has 1 aromatic heterocycles. The van der Waals surface area contributed by atoms with E-state index in [-0.39, 0.29) is 29.6 Å². The molecule has 0 aliphatic heterocycles. The summed E-state index contributed by atoms with van der Waals surface area (Å²) in [7, 11) is -3.79. The number of pyridine rings is 1. The van der Waals surface area contributed by atoms with Crippen molar-refractivity contribution in [1.82, 2.24) is 14.6 Å². The zero-order valence-electron chi connectivity index (χ0n) is 11.3. The van der Waals surface area contributed by atoms with Crippen LogP contribution in [0.2, 0.25) is 0 Å². The topological polar surface area (TPSA) is 103 Å². The highest BCUT2D eigenvalue weighted by Gasteiger charge is 2.25. The molecule has 0 radical (unpaired) electrons. The van der Waals surface area contributed by atoms with Gasteiger partial charge in [0.05, 0.1) is 6.54 Å². The lowest BCUT2D eigenvalue weighted by Crippen LogP contribution is -2.40. The number of sulfonamides is 1. The predicted molar refractivity (Wildman–Crippen MR) is 72.1 cm³/mol. The highest BCUT2D eigenvalue weighted by Crippen LogP contribution is 2.14. The number of carbonyl (C=O) groups excluding carboxylic acids is 1. The zero-order chi connectivity index (χ0) is 15.2. The standard InChI is InChI=1S/C12H16N4O3S/c1-3-14-12(17)9-16(4-2)20(18,19)11-6-5-10(7-13)15-8-11/h5-6,8H,3-4,9H2,1-2H3,(H,14,17). The number of aromatic nitrogens is 1. The fourth-order valence-corrected chi connectivity index (χ4v) is 2.88. The Hall–Kier alpha value is -1.98. The number of hydrogen-bond acceptors (Lipinski definition) is 5. The summed E-state index contributed by atoms with van der Waals surface area (Å²) in [5.41, 5.74) is 0.135. The molecule has 0 spiro atoms. The van der Waals surface area contributed by atoms with Gasteiger partial charge >= 0.3 is 0 Å². The van der Waals surface area contributed by atoms with Gasteiger partial charge in [0.2, 0.25) is 15.9 Å². The van der Waals surface area contributed by atoms with E-state index in [1.54, 1.807) is 13.8 Å². The van der Waals surface area contributed by atoms with Crippen molar-refractivity contribution in [2.24, 2.45) is 0 Å². The molecular formula is C12H16N4O3S. The van der Waals surface area contributed by atoms with Gasteiger partial charge in [-0.05, 0) is 19.1 Å². The van der Waals surface area contributed by atoms with Gasteiger partial charge < -0.3 is 5.32 Å². The number of rotatable bonds is 6. The number of nitrogens with zero attached hydrogens (tertiary/aromatic N) is 3. The lowest BCUT2D eigenvalue weighted by molar-refractivity contribution is -0.121. The van der Waals surface area contributed by atoms with E-state index < -0.39 is 10.0 Å². The molecule has 0 aromatic carbocycles. The Morgan fingerprint density at radius 3 is 2.60 bits per heavy atom. The van der Waals surface area contributed by atoms with Crippen LogP contribution < -0.4 is 5.32 Å². The summed E-state index contributed by atoms with van der Waals surface area (Å²) < 4.78 is 25.7. The molecule has 0 atom stereocenters. The first kappa shape index (κ1) is 16.1. The first-order chi connectivity index (χ1) is 9.45. The first-order valence-electron chi connectivity index (χ1n) is 6.08. The highest BCUT2D eigenvalue weighted by molar-refractivity contribution is 7.89. The van der Waals surface area contributed by atoms with Gasteiger partial charge in [-0.25, -0.2) is 13.4 Å². The molecule has 1 amide bonds. The van der Waals surface area contributed by atoms with Gasteiger partial charge in [0, 0.05) is 19.3 Å². The Bertz CT molecular complexity index is 605. The lowest BCUT2D eigenvalue weighted by atomic mass is 10.4. The third-order valence-corrected chi connectivity index (χ3v) is 4.44. The smallest absolute Gasteiger partial charge is 0.245 e. The molecule has 108 valence electrons. The summed E-state index contributed by atoms with van der Waals surface area (Å²) in [6.45, 7) is 3.77. The number of likely N-dealkylation sites (N-methyl/N-ethyl adjacent to an activating group) is 2. The van der Waals surface area contributed by atoms with Crippen molar-refractivity contribution < 1.29 is 13.2 Å². The van der Waals surface area contributed by atoms with E-state index in [0.717, 1.165) is 10.5 Å². The molecule has 20 heavy (non-hydrogen) atoms. The van der Waals surface area contributed by atoms with E-state index in [4.69, 9.17) is 5.26 Å². The van der Waals surface area contributed by atoms with Gasteiger partial charge in [-0.1, -0.05) is 6.92 Å². The summed E-state index contributed by atoms with van der Waals surface area (Å²) in [6, 6.07) is 4.45. The molecule has 1 aromatic rings. The Labute approximate surface area is 118 Å². The minimum atomic E-state index is -3.79. The molecule has 1 heterocycles. The second-order valence-corrected chi connectivity index (χ2v) is 5.81. The molecule has 0 saturated carbocycles. The fraction of sp³-hybridized carbons (Fsp3) is 0.417. The van der Waals surface area contributed by atoms with Crippen LogP contribution in [0.5, 0.6) is 0 Å². The van der Waals surface area contributed by atoms with Crippen molar-refractivity contribution in [3.8, 4) is 6.07 Å². The number of amides is 1. The summed E-state index contributed by atoms with van der Waals surface area (Å²) in [5.74, 6) is -0.362. The Balaban J connectivity index is 2.99. The van der Waals surface area contributed by atoms with Crippen LogP contribution in [0.3, 0.4) is 0 Å². The third kappa shape index (κ3) is 3.76. The summed E-state index contributed by atoms with van der Waals surface area (Å²) in [6.07, 6.45) is 1.12. The van der Waals surface area contributed by atoms with Crippen molar-refractivity contribution in [1.29, 1.82) is 5.26 Å². The maximum absolute atomic E-state index is 12.3. The van der Waals surface area contributed by atoms with Crippen LogP contribution in [0.1, 0.15) is 19.5 Å². The van der Waals surface area contributed by atoms with Crippen molar-refractivity contribution in [2.75, 3.05) is 19.6 Å². The third-order valence-electron chi connectivity index (χ3n) is 2.54. The average Bonchev–Trinajstić information content (AvgIpc) is 2.45. The zero-order valence-corrected chi connectivity index (χ0v) is 12.1. The van der Waals surface area contributed by atoms with Crippen molar-refractivity contribution in [2.45, 2.75) is 18.7 Å². The van der Waals surface area contributed by atoms with Crippen LogP contribution in [0.4, 0.5) is 0 Å². The molecule has 1 rings (SSSR count). The van der Waals surface area contributed by atoms with E-state index in [1.807, 2.05) is 6.07 Å². The number of nitriles is 1. The van der Waals surface area contributed by atoms with Crippen LogP contribution >= 0.6 is 0 Å². The van der Waals surface area contributed by atoms with Gasteiger partial charge in [0.25, 0.3) is 0 Å². The second kappa shape index (κ2) is 6.98. The second-order valence-electron chi connectivity index (χ2n) is 3.88. The van der Waals surface area contributed by atoms with Crippen molar-refractivity contribution in [3.63, 3.8) is 0 Å². The molecule has 0 saturated heterocycles. The number of nitrogens with one attached hydrogen (secondary N) is 1. The molecule has 0 bridgehead atoms. The molecule has 7 nitrogen and oxygen atoms in total. The number of carbonyl (C=O) groups is 1. The van der Waals surface area contributed by atoms with Gasteiger partial charge in [0.1, 0.15) is 16.7 Å². The van der Waals surface area contributed by atoms with Crippen molar-refractivity contribution >= 4 is 15.9 Å². The molecular weight excluding hydrogens is 280 g/mol. The Kier molecular flexibility index (Phi) is 5.61. The predicted octanol–water partition coefficient (Wildman–Crippen LogP) is 0.1000. The van der Waals surface area contributed by atoms with E-state index in [1.165, 1.54) is 12.1 Å². The Morgan fingerprint density at radius 2 is 2.15 bits per heavy atom. The highest BCUT2D eigenvalue weighted by atomic mass is 32.2. The van der Waals surface area contributed by atoms with E-state index in [0.29, 0.717) is 6.54 Å². The first-order valence-corrected chi connectivity index (χ1v) is 7.52. The summed E-state index contributed by atoms with van der Waals surface area (Å²) in [5, 5.41) is 11.2. The van der Waals surface area contributed by atoms with Crippen LogP contribution in [-0.2, 0) is 14.8 Å². The van der Waals surface area contributed by atoms with E-state index in [9.17, 15) is 13.2 Å². The van der Waals surface area contributed by atoms with Crippen LogP contribution in [0.15, 0.2) is 23.2 Å². The monoisotopic (exact) mass is 296 g/mol. The molecule has 0 unspecified atom stereocenters. The molecule has 0 fully saturated rings. The average molecular weight is 296 g/mol. The van der Waals surface area contributed by atoms with Gasteiger partial charge in [-0.3, -0.25) is 4.79 Å². The summed E-state index contributed by atoms with van der Waals surface area (Å²) in [4.78, 5) is 15.2. The minimum Gasteiger partial charge on any atom is -0.355 e. The van der Waals surface area contributed by atoms with Gasteiger partial charge in [-0.2, -0.15) is 9.57 Å². The maximum Gasteiger partial charge on any atom is 0.245 e. The van der Waals surface area contributed by atoms with Gasteiger partial charge in [0.15, 0.2) is 0 Å². The van der Waals surface area contributed by atoms with Crippen molar-refractivity contribution in [3.05, 3.63) is 24.0 Å². The normalized spacial score (nSPS) is 11.1. The van der Waals surface area contributed by atoms with E-state index >= 15 is 0 Å². The van der Waals surface area contributed by atoms with E-state index in [2.05, 4.69) is 10.3 Å². The molecule has 0 aliphatic carbocycles. The largest absolute Gasteiger partial charge is 0.355 e. The fourth-order valence-electron chi connectivity index (χ4n) is 1.53. The minimum absolute atomic E-state index is 0.0392.